The monoisotopic (exact) mass is 255 g/mol. The van der Waals surface area contributed by atoms with E-state index in [-0.39, 0.29) is 0 Å². The summed E-state index contributed by atoms with van der Waals surface area (Å²) < 4.78 is 0. The molecule has 0 aromatic carbocycles. The van der Waals surface area contributed by atoms with Gasteiger partial charge in [-0.25, -0.2) is 0 Å². The number of unbranched alkanes of at least 4 members (excludes halogenated alkanes) is 2. The maximum absolute atomic E-state index is 2.67. The molecule has 0 amide bonds. The fraction of sp³-hybridized carbons (Fsp3) is 1.00. The molecule has 0 aliphatic heterocycles. The first-order chi connectivity index (χ1) is 8.43. The molecule has 0 saturated carbocycles. The van der Waals surface area contributed by atoms with E-state index < -0.39 is 0 Å². The molecule has 1 nitrogen and oxygen atoms in total. The van der Waals surface area contributed by atoms with Crippen LogP contribution in [0.15, 0.2) is 0 Å². The lowest BCUT2D eigenvalue weighted by Crippen LogP contribution is -2.32. The molecule has 0 aliphatic carbocycles. The Hall–Kier alpha value is -0.0400. The molecule has 0 saturated heterocycles. The first-order valence-electron chi connectivity index (χ1n) is 8.17. The van der Waals surface area contributed by atoms with Crippen LogP contribution in [0.1, 0.15) is 80.1 Å². The summed E-state index contributed by atoms with van der Waals surface area (Å²) in [5.41, 5.74) is 0. The van der Waals surface area contributed by atoms with Crippen molar-refractivity contribution in [1.29, 1.82) is 0 Å². The highest BCUT2D eigenvalue weighted by Gasteiger charge is 2.08. The van der Waals surface area contributed by atoms with Gasteiger partial charge in [-0.05, 0) is 51.6 Å². The van der Waals surface area contributed by atoms with Crippen LogP contribution in [0, 0.1) is 11.8 Å². The third-order valence-electron chi connectivity index (χ3n) is 3.68. The third kappa shape index (κ3) is 11.1. The van der Waals surface area contributed by atoms with E-state index in [0.29, 0.717) is 6.04 Å². The highest BCUT2D eigenvalue weighted by molar-refractivity contribution is 4.64. The smallest absolute Gasteiger partial charge is 0.00385 e. The summed E-state index contributed by atoms with van der Waals surface area (Å²) in [7, 11) is 0. The Kier molecular flexibility index (Phi) is 10.8. The molecule has 0 N–H and O–H groups in total. The largest absolute Gasteiger partial charge is 0.301 e. The first kappa shape index (κ1) is 18.0. The topological polar surface area (TPSA) is 3.24 Å². The molecule has 0 aromatic rings. The first-order valence-corrected chi connectivity index (χ1v) is 8.17. The maximum atomic E-state index is 2.67. The molecule has 0 spiro atoms. The van der Waals surface area contributed by atoms with Gasteiger partial charge in [0.15, 0.2) is 0 Å². The molecule has 18 heavy (non-hydrogen) atoms. The van der Waals surface area contributed by atoms with E-state index in [0.717, 1.165) is 11.8 Å². The van der Waals surface area contributed by atoms with Crippen LogP contribution in [0.25, 0.3) is 0 Å². The van der Waals surface area contributed by atoms with Crippen molar-refractivity contribution in [3.05, 3.63) is 0 Å². The lowest BCUT2D eigenvalue weighted by Gasteiger charge is -2.26. The van der Waals surface area contributed by atoms with Crippen LogP contribution in [0.4, 0.5) is 0 Å². The minimum absolute atomic E-state index is 0.711. The van der Waals surface area contributed by atoms with E-state index in [1.54, 1.807) is 0 Å². The van der Waals surface area contributed by atoms with E-state index in [9.17, 15) is 0 Å². The Bertz CT molecular complexity index is 156. The molecule has 110 valence electrons. The number of hydrogen-bond donors (Lipinski definition) is 0. The maximum Gasteiger partial charge on any atom is 0.00385 e. The van der Waals surface area contributed by atoms with Crippen molar-refractivity contribution in [1.82, 2.24) is 4.90 Å². The number of hydrogen-bond acceptors (Lipinski definition) is 1. The molecule has 0 unspecified atom stereocenters. The molecule has 0 bridgehead atoms. The average molecular weight is 255 g/mol. The SMILES string of the molecule is CC(C)CCCCN(CCCCC(C)C)C(C)C. The van der Waals surface area contributed by atoms with E-state index >= 15 is 0 Å². The fourth-order valence-electron chi connectivity index (χ4n) is 2.36. The predicted molar refractivity (Wildman–Crippen MR) is 84.1 cm³/mol. The van der Waals surface area contributed by atoms with E-state index in [1.165, 1.54) is 51.6 Å². The summed E-state index contributed by atoms with van der Waals surface area (Å²) >= 11 is 0. The van der Waals surface area contributed by atoms with Crippen LogP contribution in [-0.2, 0) is 0 Å². The Balaban J connectivity index is 3.65. The van der Waals surface area contributed by atoms with Gasteiger partial charge in [0.05, 0.1) is 0 Å². The molecule has 0 rings (SSSR count). The lowest BCUT2D eigenvalue weighted by atomic mass is 10.1. The third-order valence-corrected chi connectivity index (χ3v) is 3.68. The fourth-order valence-corrected chi connectivity index (χ4v) is 2.36. The molecule has 0 aliphatic rings. The minimum Gasteiger partial charge on any atom is -0.301 e. The van der Waals surface area contributed by atoms with Gasteiger partial charge < -0.3 is 4.90 Å². The van der Waals surface area contributed by atoms with Crippen LogP contribution in [-0.4, -0.2) is 24.0 Å². The second kappa shape index (κ2) is 10.8. The van der Waals surface area contributed by atoms with Crippen LogP contribution < -0.4 is 0 Å². The zero-order valence-electron chi connectivity index (χ0n) is 13.8. The van der Waals surface area contributed by atoms with Crippen molar-refractivity contribution in [2.75, 3.05) is 13.1 Å². The zero-order chi connectivity index (χ0) is 14.0. The van der Waals surface area contributed by atoms with Crippen molar-refractivity contribution in [2.24, 2.45) is 11.8 Å². The van der Waals surface area contributed by atoms with Crippen LogP contribution in [0.3, 0.4) is 0 Å². The Morgan fingerprint density at radius 1 is 0.611 bits per heavy atom. The summed E-state index contributed by atoms with van der Waals surface area (Å²) in [4.78, 5) is 2.67. The summed E-state index contributed by atoms with van der Waals surface area (Å²) in [6.45, 7) is 16.6. The summed E-state index contributed by atoms with van der Waals surface area (Å²) in [5, 5.41) is 0. The molecule has 0 heterocycles. The normalized spacial score (nSPS) is 12.3. The van der Waals surface area contributed by atoms with Gasteiger partial charge in [-0.1, -0.05) is 53.4 Å². The molecular formula is C17H37N. The van der Waals surface area contributed by atoms with Gasteiger partial charge in [0.25, 0.3) is 0 Å². The van der Waals surface area contributed by atoms with Gasteiger partial charge in [0.2, 0.25) is 0 Å². The van der Waals surface area contributed by atoms with Gasteiger partial charge >= 0.3 is 0 Å². The molecule has 1 heteroatoms. The van der Waals surface area contributed by atoms with Gasteiger partial charge in [-0.3, -0.25) is 0 Å². The average Bonchev–Trinajstić information content (AvgIpc) is 2.25. The summed E-state index contributed by atoms with van der Waals surface area (Å²) in [5.74, 6) is 1.73. The highest BCUT2D eigenvalue weighted by atomic mass is 15.1. The number of rotatable bonds is 11. The lowest BCUT2D eigenvalue weighted by molar-refractivity contribution is 0.210. The zero-order valence-corrected chi connectivity index (χ0v) is 13.8. The Morgan fingerprint density at radius 2 is 1.00 bits per heavy atom. The molecule has 0 aromatic heterocycles. The van der Waals surface area contributed by atoms with Gasteiger partial charge in [-0.15, -0.1) is 0 Å². The number of nitrogens with zero attached hydrogens (tertiary/aromatic N) is 1. The summed E-state index contributed by atoms with van der Waals surface area (Å²) in [6.07, 6.45) is 8.32. The van der Waals surface area contributed by atoms with Crippen molar-refractivity contribution in [2.45, 2.75) is 86.1 Å². The van der Waals surface area contributed by atoms with Crippen LogP contribution >= 0.6 is 0 Å². The summed E-state index contributed by atoms with van der Waals surface area (Å²) in [6, 6.07) is 0.711. The minimum atomic E-state index is 0.711. The second-order valence-corrected chi connectivity index (χ2v) is 6.91. The second-order valence-electron chi connectivity index (χ2n) is 6.91. The molecule has 0 atom stereocenters. The van der Waals surface area contributed by atoms with Crippen molar-refractivity contribution >= 4 is 0 Å². The predicted octanol–water partition coefficient (Wildman–Crippen LogP) is 5.35. The molecular weight excluding hydrogens is 218 g/mol. The van der Waals surface area contributed by atoms with E-state index in [1.807, 2.05) is 0 Å². The van der Waals surface area contributed by atoms with Gasteiger partial charge in [0.1, 0.15) is 0 Å². The molecule has 0 fully saturated rings. The molecule has 0 radical (unpaired) electrons. The Morgan fingerprint density at radius 3 is 1.28 bits per heavy atom. The standard InChI is InChI=1S/C17H37N/c1-15(2)11-7-9-13-18(17(5)6)14-10-8-12-16(3)4/h15-17H,7-14H2,1-6H3. The van der Waals surface area contributed by atoms with Crippen molar-refractivity contribution < 1.29 is 0 Å². The van der Waals surface area contributed by atoms with E-state index in [4.69, 9.17) is 0 Å². The van der Waals surface area contributed by atoms with Gasteiger partial charge in [-0.2, -0.15) is 0 Å². The van der Waals surface area contributed by atoms with E-state index in [2.05, 4.69) is 46.4 Å². The van der Waals surface area contributed by atoms with Crippen molar-refractivity contribution in [3.8, 4) is 0 Å². The Labute approximate surface area is 116 Å². The van der Waals surface area contributed by atoms with Crippen LogP contribution in [0.2, 0.25) is 0 Å². The van der Waals surface area contributed by atoms with Gasteiger partial charge in [0, 0.05) is 6.04 Å². The highest BCUT2D eigenvalue weighted by Crippen LogP contribution is 2.11. The van der Waals surface area contributed by atoms with Crippen LogP contribution in [0.5, 0.6) is 0 Å². The quantitative estimate of drug-likeness (QED) is 0.450. The van der Waals surface area contributed by atoms with Crippen molar-refractivity contribution in [3.63, 3.8) is 0 Å².